The average Bonchev–Trinajstić information content (AvgIpc) is 2.74. The highest BCUT2D eigenvalue weighted by atomic mass is 15.1. The predicted molar refractivity (Wildman–Crippen MR) is 68.6 cm³/mol. The summed E-state index contributed by atoms with van der Waals surface area (Å²) in [5.74, 6) is 0. The van der Waals surface area contributed by atoms with Gasteiger partial charge >= 0.3 is 0 Å². The fourth-order valence-electron chi connectivity index (χ4n) is 2.63. The van der Waals surface area contributed by atoms with Crippen LogP contribution in [0.1, 0.15) is 30.0 Å². The van der Waals surface area contributed by atoms with Gasteiger partial charge in [0.15, 0.2) is 0 Å². The highest BCUT2D eigenvalue weighted by Crippen LogP contribution is 2.27. The first kappa shape index (κ1) is 11.6. The Kier molecular flexibility index (Phi) is 3.62. The molecule has 1 N–H and O–H groups in total. The number of nitrogens with zero attached hydrogens (tertiary/aromatic N) is 1. The van der Waals surface area contributed by atoms with Gasteiger partial charge in [-0.05, 0) is 46.0 Å². The van der Waals surface area contributed by atoms with E-state index in [9.17, 15) is 0 Å². The highest BCUT2D eigenvalue weighted by molar-refractivity contribution is 5.25. The topological polar surface area (TPSA) is 15.3 Å². The summed E-state index contributed by atoms with van der Waals surface area (Å²) in [7, 11) is 4.34. The summed E-state index contributed by atoms with van der Waals surface area (Å²) in [5, 5.41) is 3.61. The van der Waals surface area contributed by atoms with E-state index in [-0.39, 0.29) is 0 Å². The zero-order valence-corrected chi connectivity index (χ0v) is 10.5. The molecule has 1 heterocycles. The van der Waals surface area contributed by atoms with E-state index in [4.69, 9.17) is 0 Å². The van der Waals surface area contributed by atoms with Crippen LogP contribution in [-0.2, 0) is 0 Å². The van der Waals surface area contributed by atoms with Gasteiger partial charge in [-0.3, -0.25) is 0 Å². The molecular formula is C14H22N2. The lowest BCUT2D eigenvalue weighted by atomic mass is 9.96. The number of likely N-dealkylation sites (N-methyl/N-ethyl adjacent to an activating group) is 1. The second kappa shape index (κ2) is 4.98. The first-order chi connectivity index (χ1) is 7.68. The summed E-state index contributed by atoms with van der Waals surface area (Å²) in [6, 6.07) is 10.1. The molecule has 88 valence electrons. The van der Waals surface area contributed by atoms with E-state index < -0.39 is 0 Å². The first-order valence-corrected chi connectivity index (χ1v) is 6.15. The second-order valence-electron chi connectivity index (χ2n) is 5.02. The Bertz CT molecular complexity index is 323. The van der Waals surface area contributed by atoms with Crippen LogP contribution in [0, 0.1) is 6.92 Å². The lowest BCUT2D eigenvalue weighted by Crippen LogP contribution is -2.37. The minimum atomic E-state index is 0.503. The van der Waals surface area contributed by atoms with Gasteiger partial charge in [0.25, 0.3) is 0 Å². The maximum Gasteiger partial charge on any atom is 0.0495 e. The standard InChI is InChI=1S/C14H22N2/c1-11-6-8-12(9-7-11)14(16(2)3)13-5-4-10-15-13/h6-9,13-15H,4-5,10H2,1-3H3. The van der Waals surface area contributed by atoms with Crippen molar-refractivity contribution >= 4 is 0 Å². The van der Waals surface area contributed by atoms with Crippen LogP contribution in [0.25, 0.3) is 0 Å². The van der Waals surface area contributed by atoms with E-state index in [1.54, 1.807) is 0 Å². The molecule has 0 aliphatic carbocycles. The molecule has 1 aliphatic rings. The van der Waals surface area contributed by atoms with Crippen LogP contribution >= 0.6 is 0 Å². The molecule has 0 amide bonds. The molecule has 16 heavy (non-hydrogen) atoms. The van der Waals surface area contributed by atoms with E-state index in [0.29, 0.717) is 12.1 Å². The van der Waals surface area contributed by atoms with Crippen molar-refractivity contribution in [1.29, 1.82) is 0 Å². The summed E-state index contributed by atoms with van der Waals surface area (Å²) < 4.78 is 0. The van der Waals surface area contributed by atoms with Crippen LogP contribution in [0.2, 0.25) is 0 Å². The van der Waals surface area contributed by atoms with Crippen LogP contribution in [-0.4, -0.2) is 31.6 Å². The minimum absolute atomic E-state index is 0.503. The molecule has 1 aliphatic heterocycles. The normalized spacial score (nSPS) is 22.6. The Morgan fingerprint density at radius 2 is 1.94 bits per heavy atom. The van der Waals surface area contributed by atoms with Crippen molar-refractivity contribution in [1.82, 2.24) is 10.2 Å². The Balaban J connectivity index is 2.21. The van der Waals surface area contributed by atoms with E-state index in [1.165, 1.54) is 30.5 Å². The van der Waals surface area contributed by atoms with E-state index >= 15 is 0 Å². The van der Waals surface area contributed by atoms with Gasteiger partial charge in [0.1, 0.15) is 0 Å². The van der Waals surface area contributed by atoms with Gasteiger partial charge in [0.2, 0.25) is 0 Å². The molecule has 0 spiro atoms. The van der Waals surface area contributed by atoms with E-state index in [2.05, 4.69) is 55.5 Å². The molecular weight excluding hydrogens is 196 g/mol. The van der Waals surface area contributed by atoms with Crippen molar-refractivity contribution in [2.45, 2.75) is 31.8 Å². The van der Waals surface area contributed by atoms with Gasteiger partial charge in [0.05, 0.1) is 0 Å². The fraction of sp³-hybridized carbons (Fsp3) is 0.571. The largest absolute Gasteiger partial charge is 0.312 e. The van der Waals surface area contributed by atoms with Gasteiger partial charge in [-0.15, -0.1) is 0 Å². The zero-order valence-electron chi connectivity index (χ0n) is 10.5. The van der Waals surface area contributed by atoms with Gasteiger partial charge in [-0.2, -0.15) is 0 Å². The van der Waals surface area contributed by atoms with E-state index in [1.807, 2.05) is 0 Å². The van der Waals surface area contributed by atoms with Crippen molar-refractivity contribution < 1.29 is 0 Å². The van der Waals surface area contributed by atoms with Crippen LogP contribution in [0.5, 0.6) is 0 Å². The Morgan fingerprint density at radius 1 is 1.25 bits per heavy atom. The Labute approximate surface area is 98.7 Å². The summed E-state index contributed by atoms with van der Waals surface area (Å²) >= 11 is 0. The average molecular weight is 218 g/mol. The van der Waals surface area contributed by atoms with Crippen molar-refractivity contribution in [3.05, 3.63) is 35.4 Å². The number of hydrogen-bond donors (Lipinski definition) is 1. The van der Waals surface area contributed by atoms with Gasteiger partial charge in [-0.1, -0.05) is 29.8 Å². The number of benzene rings is 1. The van der Waals surface area contributed by atoms with Gasteiger partial charge < -0.3 is 10.2 Å². The number of rotatable bonds is 3. The molecule has 0 aromatic heterocycles. The number of aryl methyl sites for hydroxylation is 1. The quantitative estimate of drug-likeness (QED) is 0.838. The second-order valence-corrected chi connectivity index (χ2v) is 5.02. The lowest BCUT2D eigenvalue weighted by molar-refractivity contribution is 0.244. The maximum atomic E-state index is 3.61. The van der Waals surface area contributed by atoms with Gasteiger partial charge in [0, 0.05) is 12.1 Å². The van der Waals surface area contributed by atoms with Crippen LogP contribution in [0.15, 0.2) is 24.3 Å². The Morgan fingerprint density at radius 3 is 2.44 bits per heavy atom. The smallest absolute Gasteiger partial charge is 0.0495 e. The molecule has 2 rings (SSSR count). The first-order valence-electron chi connectivity index (χ1n) is 6.15. The molecule has 2 heteroatoms. The monoisotopic (exact) mass is 218 g/mol. The molecule has 1 aromatic rings. The molecule has 1 aromatic carbocycles. The highest BCUT2D eigenvalue weighted by Gasteiger charge is 2.27. The van der Waals surface area contributed by atoms with Crippen LogP contribution in [0.3, 0.4) is 0 Å². The minimum Gasteiger partial charge on any atom is -0.312 e. The summed E-state index contributed by atoms with van der Waals surface area (Å²) in [5.41, 5.74) is 2.76. The molecule has 1 saturated heterocycles. The third-order valence-electron chi connectivity index (χ3n) is 3.45. The van der Waals surface area contributed by atoms with Crippen LogP contribution in [0.4, 0.5) is 0 Å². The maximum absolute atomic E-state index is 3.61. The molecule has 0 saturated carbocycles. The number of nitrogens with one attached hydrogen (secondary N) is 1. The molecule has 1 fully saturated rings. The third kappa shape index (κ3) is 2.45. The van der Waals surface area contributed by atoms with Crippen molar-refractivity contribution in [3.63, 3.8) is 0 Å². The molecule has 2 atom stereocenters. The predicted octanol–water partition coefficient (Wildman–Crippen LogP) is 2.35. The molecule has 0 radical (unpaired) electrons. The lowest BCUT2D eigenvalue weighted by Gasteiger charge is -2.30. The summed E-state index contributed by atoms with van der Waals surface area (Å²) in [6.07, 6.45) is 2.59. The van der Waals surface area contributed by atoms with Crippen molar-refractivity contribution in [3.8, 4) is 0 Å². The molecule has 2 nitrogen and oxygen atoms in total. The Hall–Kier alpha value is -0.860. The van der Waals surface area contributed by atoms with Crippen LogP contribution < -0.4 is 5.32 Å². The molecule has 0 bridgehead atoms. The van der Waals surface area contributed by atoms with Crippen molar-refractivity contribution in [2.24, 2.45) is 0 Å². The van der Waals surface area contributed by atoms with Crippen molar-refractivity contribution in [2.75, 3.05) is 20.6 Å². The molecule has 2 unspecified atom stereocenters. The van der Waals surface area contributed by atoms with Gasteiger partial charge in [-0.25, -0.2) is 0 Å². The summed E-state index contributed by atoms with van der Waals surface area (Å²) in [6.45, 7) is 3.31. The fourth-order valence-corrected chi connectivity index (χ4v) is 2.63. The number of hydrogen-bond acceptors (Lipinski definition) is 2. The zero-order chi connectivity index (χ0) is 11.5. The SMILES string of the molecule is Cc1ccc(C(C2CCCN2)N(C)C)cc1. The van der Waals surface area contributed by atoms with E-state index in [0.717, 1.165) is 0 Å². The third-order valence-corrected chi connectivity index (χ3v) is 3.45. The summed E-state index contributed by atoms with van der Waals surface area (Å²) in [4.78, 5) is 2.33.